The Morgan fingerprint density at radius 2 is 2.33 bits per heavy atom. The molecule has 0 radical (unpaired) electrons. The van der Waals surface area contributed by atoms with Crippen LogP contribution in [-0.4, -0.2) is 23.4 Å². The molecule has 2 N–H and O–H groups in total. The summed E-state index contributed by atoms with van der Waals surface area (Å²) in [5.74, 6) is 0.749. The molecule has 0 aromatic carbocycles. The Bertz CT molecular complexity index is 392. The number of carbonyl (C=O) groups excluding carboxylic acids is 1. The van der Waals surface area contributed by atoms with Gasteiger partial charge < -0.3 is 15.1 Å². The minimum absolute atomic E-state index is 0. The summed E-state index contributed by atoms with van der Waals surface area (Å²) in [5.41, 5.74) is 6.11. The molecule has 1 saturated heterocycles. The van der Waals surface area contributed by atoms with Crippen molar-refractivity contribution in [2.45, 2.75) is 45.2 Å². The van der Waals surface area contributed by atoms with E-state index in [0.717, 1.165) is 25.8 Å². The average Bonchev–Trinajstić information content (AvgIpc) is 2.86. The summed E-state index contributed by atoms with van der Waals surface area (Å²) in [6, 6.07) is 2.14. The molecule has 18 heavy (non-hydrogen) atoms. The summed E-state index contributed by atoms with van der Waals surface area (Å²) < 4.78 is 5.22. The number of likely N-dealkylation sites (tertiary alicyclic amines) is 1. The van der Waals surface area contributed by atoms with Crippen LogP contribution in [0, 0.1) is 0 Å². The van der Waals surface area contributed by atoms with E-state index >= 15 is 0 Å². The number of hydrogen-bond acceptors (Lipinski definition) is 3. The molecule has 1 aliphatic rings. The van der Waals surface area contributed by atoms with Crippen molar-refractivity contribution in [3.8, 4) is 0 Å². The lowest BCUT2D eigenvalue weighted by Crippen LogP contribution is -2.43. The molecule has 1 atom stereocenters. The fourth-order valence-corrected chi connectivity index (χ4v) is 2.46. The lowest BCUT2D eigenvalue weighted by Gasteiger charge is -2.35. The van der Waals surface area contributed by atoms with Crippen molar-refractivity contribution in [1.82, 2.24) is 4.90 Å². The highest BCUT2D eigenvalue weighted by molar-refractivity contribution is 5.94. The second-order valence-corrected chi connectivity index (χ2v) is 4.56. The van der Waals surface area contributed by atoms with E-state index in [1.54, 1.807) is 6.07 Å². The van der Waals surface area contributed by atoms with Gasteiger partial charge in [-0.25, -0.2) is 0 Å². The van der Waals surface area contributed by atoms with Crippen LogP contribution in [0.4, 0.5) is 0 Å². The monoisotopic (exact) mass is 272 g/mol. The maximum atomic E-state index is 12.3. The lowest BCUT2D eigenvalue weighted by atomic mass is 9.99. The Morgan fingerprint density at radius 1 is 1.56 bits per heavy atom. The number of furan rings is 1. The fraction of sp³-hybridized carbons (Fsp3) is 0.615. The van der Waals surface area contributed by atoms with Crippen LogP contribution < -0.4 is 5.73 Å². The molecule has 1 amide bonds. The number of carbonyl (C=O) groups is 1. The highest BCUT2D eigenvalue weighted by atomic mass is 35.5. The van der Waals surface area contributed by atoms with Crippen LogP contribution >= 0.6 is 12.4 Å². The van der Waals surface area contributed by atoms with Crippen LogP contribution in [0.3, 0.4) is 0 Å². The van der Waals surface area contributed by atoms with Crippen LogP contribution in [0.5, 0.6) is 0 Å². The molecule has 5 heteroatoms. The third-order valence-electron chi connectivity index (χ3n) is 3.46. The average molecular weight is 273 g/mol. The summed E-state index contributed by atoms with van der Waals surface area (Å²) in [5, 5.41) is 0. The lowest BCUT2D eigenvalue weighted by molar-refractivity contribution is 0.0607. The van der Waals surface area contributed by atoms with Gasteiger partial charge in [0.15, 0.2) is 0 Å². The largest absolute Gasteiger partial charge is 0.467 e. The Labute approximate surface area is 114 Å². The Balaban J connectivity index is 0.00000162. The van der Waals surface area contributed by atoms with Gasteiger partial charge >= 0.3 is 0 Å². The summed E-state index contributed by atoms with van der Waals surface area (Å²) in [6.45, 7) is 3.34. The smallest absolute Gasteiger partial charge is 0.257 e. The van der Waals surface area contributed by atoms with Crippen molar-refractivity contribution in [2.24, 2.45) is 5.73 Å². The van der Waals surface area contributed by atoms with Gasteiger partial charge in [0.2, 0.25) is 0 Å². The van der Waals surface area contributed by atoms with Gasteiger partial charge in [-0.2, -0.15) is 0 Å². The molecular weight excluding hydrogens is 252 g/mol. The second-order valence-electron chi connectivity index (χ2n) is 4.56. The first-order valence-corrected chi connectivity index (χ1v) is 6.34. The summed E-state index contributed by atoms with van der Waals surface area (Å²) in [4.78, 5) is 14.3. The zero-order chi connectivity index (χ0) is 12.3. The van der Waals surface area contributed by atoms with E-state index in [2.05, 4.69) is 6.92 Å². The third kappa shape index (κ3) is 3.06. The van der Waals surface area contributed by atoms with Crippen molar-refractivity contribution in [2.75, 3.05) is 6.54 Å². The number of amides is 1. The van der Waals surface area contributed by atoms with Crippen LogP contribution in [0.2, 0.25) is 0 Å². The molecule has 102 valence electrons. The molecular formula is C13H21ClN2O2. The molecule has 1 aromatic heterocycles. The van der Waals surface area contributed by atoms with E-state index in [4.69, 9.17) is 10.2 Å². The molecule has 2 heterocycles. The highest BCUT2D eigenvalue weighted by Gasteiger charge is 2.26. The van der Waals surface area contributed by atoms with Gasteiger partial charge in [-0.3, -0.25) is 4.79 Å². The minimum atomic E-state index is 0. The second kappa shape index (κ2) is 6.81. The van der Waals surface area contributed by atoms with Gasteiger partial charge in [-0.15, -0.1) is 12.4 Å². The van der Waals surface area contributed by atoms with Crippen molar-refractivity contribution in [1.29, 1.82) is 0 Å². The number of halogens is 1. The Morgan fingerprint density at radius 3 is 2.94 bits per heavy atom. The van der Waals surface area contributed by atoms with Gasteiger partial charge in [0.1, 0.15) is 12.0 Å². The first-order chi connectivity index (χ1) is 8.26. The van der Waals surface area contributed by atoms with Gasteiger partial charge in [0, 0.05) is 12.6 Å². The zero-order valence-electron chi connectivity index (χ0n) is 10.7. The molecule has 1 fully saturated rings. The summed E-state index contributed by atoms with van der Waals surface area (Å²) in [6.07, 6.45) is 5.98. The van der Waals surface area contributed by atoms with Crippen LogP contribution in [-0.2, 0) is 6.54 Å². The van der Waals surface area contributed by atoms with E-state index in [-0.39, 0.29) is 18.3 Å². The quantitative estimate of drug-likeness (QED) is 0.920. The first-order valence-electron chi connectivity index (χ1n) is 6.34. The normalized spacial score (nSPS) is 19.4. The fourth-order valence-electron chi connectivity index (χ4n) is 2.46. The highest BCUT2D eigenvalue weighted by Crippen LogP contribution is 2.22. The predicted octanol–water partition coefficient (Wildman–Crippen LogP) is 2.56. The van der Waals surface area contributed by atoms with Crippen molar-refractivity contribution < 1.29 is 9.21 Å². The van der Waals surface area contributed by atoms with Crippen LogP contribution in [0.1, 0.15) is 48.7 Å². The van der Waals surface area contributed by atoms with E-state index in [9.17, 15) is 4.79 Å². The van der Waals surface area contributed by atoms with Gasteiger partial charge in [-0.05, 0) is 31.7 Å². The molecule has 0 aliphatic carbocycles. The van der Waals surface area contributed by atoms with Crippen molar-refractivity contribution in [3.63, 3.8) is 0 Å². The molecule has 0 saturated carbocycles. The SMILES string of the molecule is CCC1CCCCN1C(=O)c1coc(CN)c1.Cl. The first kappa shape index (κ1) is 15.1. The molecule has 2 rings (SSSR count). The molecule has 1 aliphatic heterocycles. The van der Waals surface area contributed by atoms with Crippen LogP contribution in [0.15, 0.2) is 16.7 Å². The zero-order valence-corrected chi connectivity index (χ0v) is 11.5. The van der Waals surface area contributed by atoms with E-state index in [0.29, 0.717) is 23.9 Å². The number of piperidine rings is 1. The van der Waals surface area contributed by atoms with Gasteiger partial charge in [-0.1, -0.05) is 6.92 Å². The molecule has 1 unspecified atom stereocenters. The maximum Gasteiger partial charge on any atom is 0.257 e. The van der Waals surface area contributed by atoms with Gasteiger partial charge in [0.25, 0.3) is 5.91 Å². The Hall–Kier alpha value is -1.00. The van der Waals surface area contributed by atoms with E-state index in [1.165, 1.54) is 12.7 Å². The number of nitrogens with two attached hydrogens (primary N) is 1. The number of rotatable bonds is 3. The Kier molecular flexibility index (Phi) is 5.69. The molecule has 0 bridgehead atoms. The minimum Gasteiger partial charge on any atom is -0.467 e. The van der Waals surface area contributed by atoms with Gasteiger partial charge in [0.05, 0.1) is 12.1 Å². The standard InChI is InChI=1S/C13H20N2O2.ClH/c1-2-11-5-3-4-6-15(11)13(16)10-7-12(8-14)17-9-10;/h7,9,11H,2-6,8,14H2,1H3;1H. The van der Waals surface area contributed by atoms with Crippen LogP contribution in [0.25, 0.3) is 0 Å². The number of hydrogen-bond donors (Lipinski definition) is 1. The van der Waals surface area contributed by atoms with Crippen molar-refractivity contribution >= 4 is 18.3 Å². The molecule has 1 aromatic rings. The van der Waals surface area contributed by atoms with E-state index in [1.807, 2.05) is 4.90 Å². The predicted molar refractivity (Wildman–Crippen MR) is 72.8 cm³/mol. The van der Waals surface area contributed by atoms with Crippen molar-refractivity contribution in [3.05, 3.63) is 23.7 Å². The molecule has 4 nitrogen and oxygen atoms in total. The third-order valence-corrected chi connectivity index (χ3v) is 3.46. The summed E-state index contributed by atoms with van der Waals surface area (Å²) in [7, 11) is 0. The summed E-state index contributed by atoms with van der Waals surface area (Å²) >= 11 is 0. The maximum absolute atomic E-state index is 12.3. The molecule has 0 spiro atoms. The van der Waals surface area contributed by atoms with E-state index < -0.39 is 0 Å². The topological polar surface area (TPSA) is 59.5 Å². The number of nitrogens with zero attached hydrogens (tertiary/aromatic N) is 1.